The van der Waals surface area contributed by atoms with Crippen LogP contribution in [0.4, 0.5) is 0 Å². The Morgan fingerprint density at radius 1 is 0.931 bits per heavy atom. The summed E-state index contributed by atoms with van der Waals surface area (Å²) in [5.74, 6) is 1.14. The second kappa shape index (κ2) is 8.39. The molecule has 144 valence electrons. The van der Waals surface area contributed by atoms with Crippen molar-refractivity contribution in [3.05, 3.63) is 96.3 Å². The molecule has 0 fully saturated rings. The fraction of sp³-hybridized carbons (Fsp3) is 0.0870. The molecular weight excluding hydrogens is 364 g/mol. The molecule has 1 heterocycles. The minimum atomic E-state index is -0.321. The van der Waals surface area contributed by atoms with Crippen molar-refractivity contribution in [2.45, 2.75) is 6.54 Å². The van der Waals surface area contributed by atoms with Crippen molar-refractivity contribution in [1.29, 1.82) is 0 Å². The van der Waals surface area contributed by atoms with E-state index in [-0.39, 0.29) is 11.7 Å². The number of nitrogens with one attached hydrogen (secondary N) is 1. The van der Waals surface area contributed by atoms with Crippen molar-refractivity contribution in [3.8, 4) is 22.8 Å². The van der Waals surface area contributed by atoms with E-state index in [1.54, 1.807) is 11.8 Å². The van der Waals surface area contributed by atoms with Crippen molar-refractivity contribution >= 4 is 5.91 Å². The third-order valence-electron chi connectivity index (χ3n) is 4.46. The summed E-state index contributed by atoms with van der Waals surface area (Å²) in [5, 5.41) is 7.35. The van der Waals surface area contributed by atoms with Gasteiger partial charge in [0.1, 0.15) is 5.75 Å². The monoisotopic (exact) mass is 384 g/mol. The summed E-state index contributed by atoms with van der Waals surface area (Å²) in [4.78, 5) is 17.2. The van der Waals surface area contributed by atoms with Gasteiger partial charge in [-0.1, -0.05) is 48.5 Å². The summed E-state index contributed by atoms with van der Waals surface area (Å²) < 4.78 is 6.91. The quantitative estimate of drug-likeness (QED) is 0.548. The van der Waals surface area contributed by atoms with Crippen molar-refractivity contribution in [2.24, 2.45) is 0 Å². The van der Waals surface area contributed by atoms with E-state index >= 15 is 0 Å². The Hall–Kier alpha value is -3.93. The van der Waals surface area contributed by atoms with Crippen LogP contribution in [0.5, 0.6) is 5.75 Å². The Kier molecular flexibility index (Phi) is 5.33. The Labute approximate surface area is 168 Å². The lowest BCUT2D eigenvalue weighted by Crippen LogP contribution is -2.24. The van der Waals surface area contributed by atoms with Crippen molar-refractivity contribution in [2.75, 3.05) is 7.11 Å². The number of hydrogen-bond acceptors (Lipinski definition) is 4. The number of hydrogen-bond donors (Lipinski definition) is 1. The van der Waals surface area contributed by atoms with Crippen LogP contribution in [-0.4, -0.2) is 27.8 Å². The first-order valence-electron chi connectivity index (χ1n) is 9.23. The average molecular weight is 384 g/mol. The van der Waals surface area contributed by atoms with Crippen LogP contribution in [0.25, 0.3) is 17.1 Å². The molecule has 0 saturated heterocycles. The van der Waals surface area contributed by atoms with E-state index in [0.29, 0.717) is 12.4 Å². The maximum atomic E-state index is 12.7. The van der Waals surface area contributed by atoms with Crippen LogP contribution in [0.2, 0.25) is 0 Å². The number of carbonyl (C=O) groups excluding carboxylic acids is 1. The summed E-state index contributed by atoms with van der Waals surface area (Å²) in [6.45, 7) is 0.414. The van der Waals surface area contributed by atoms with E-state index in [2.05, 4.69) is 15.4 Å². The summed E-state index contributed by atoms with van der Waals surface area (Å²) in [7, 11) is 1.62. The second-order valence-corrected chi connectivity index (χ2v) is 6.40. The molecule has 0 saturated carbocycles. The number of para-hydroxylation sites is 1. The number of methoxy groups -OCH3 is 1. The molecule has 0 aliphatic carbocycles. The zero-order valence-electron chi connectivity index (χ0n) is 15.9. The molecule has 0 bridgehead atoms. The zero-order chi connectivity index (χ0) is 20.1. The summed E-state index contributed by atoms with van der Waals surface area (Å²) in [5.41, 5.74) is 2.68. The van der Waals surface area contributed by atoms with Gasteiger partial charge in [0.05, 0.1) is 12.8 Å². The third kappa shape index (κ3) is 4.16. The molecule has 3 aromatic carbocycles. The molecule has 4 aromatic rings. The van der Waals surface area contributed by atoms with Crippen LogP contribution >= 0.6 is 0 Å². The Morgan fingerprint density at radius 3 is 2.24 bits per heavy atom. The molecule has 0 radical (unpaired) electrons. The van der Waals surface area contributed by atoms with Crippen molar-refractivity contribution in [1.82, 2.24) is 20.1 Å². The molecule has 0 atom stereocenters. The van der Waals surface area contributed by atoms with Gasteiger partial charge in [0.2, 0.25) is 5.82 Å². The molecule has 6 nitrogen and oxygen atoms in total. The molecule has 0 spiro atoms. The first-order chi connectivity index (χ1) is 14.2. The minimum Gasteiger partial charge on any atom is -0.497 e. The van der Waals surface area contributed by atoms with Gasteiger partial charge in [0.15, 0.2) is 5.82 Å². The predicted molar refractivity (Wildman–Crippen MR) is 111 cm³/mol. The molecule has 1 N–H and O–H groups in total. The van der Waals surface area contributed by atoms with E-state index in [1.807, 2.05) is 84.9 Å². The van der Waals surface area contributed by atoms with Crippen LogP contribution in [0.15, 0.2) is 84.9 Å². The molecule has 1 amide bonds. The normalized spacial score (nSPS) is 10.5. The van der Waals surface area contributed by atoms with E-state index in [9.17, 15) is 4.79 Å². The van der Waals surface area contributed by atoms with Gasteiger partial charge in [0.25, 0.3) is 5.91 Å². The van der Waals surface area contributed by atoms with Crippen LogP contribution in [0, 0.1) is 0 Å². The highest BCUT2D eigenvalue weighted by Gasteiger charge is 2.18. The van der Waals surface area contributed by atoms with Gasteiger partial charge >= 0.3 is 0 Å². The van der Waals surface area contributed by atoms with Crippen LogP contribution < -0.4 is 10.1 Å². The summed E-state index contributed by atoms with van der Waals surface area (Å²) in [6.07, 6.45) is 0. The number of aromatic nitrogens is 3. The lowest BCUT2D eigenvalue weighted by molar-refractivity contribution is 0.0940. The second-order valence-electron chi connectivity index (χ2n) is 6.40. The van der Waals surface area contributed by atoms with Gasteiger partial charge < -0.3 is 10.1 Å². The third-order valence-corrected chi connectivity index (χ3v) is 4.46. The summed E-state index contributed by atoms with van der Waals surface area (Å²) >= 11 is 0. The maximum absolute atomic E-state index is 12.7. The van der Waals surface area contributed by atoms with E-state index < -0.39 is 0 Å². The van der Waals surface area contributed by atoms with Gasteiger partial charge in [-0.15, -0.1) is 5.10 Å². The molecule has 0 unspecified atom stereocenters. The Morgan fingerprint density at radius 2 is 1.59 bits per heavy atom. The maximum Gasteiger partial charge on any atom is 0.291 e. The van der Waals surface area contributed by atoms with E-state index in [4.69, 9.17) is 4.74 Å². The highest BCUT2D eigenvalue weighted by Crippen LogP contribution is 2.23. The predicted octanol–water partition coefficient (Wildman–Crippen LogP) is 3.87. The highest BCUT2D eigenvalue weighted by molar-refractivity contribution is 5.91. The first kappa shape index (κ1) is 18.4. The number of nitrogens with zero attached hydrogens (tertiary/aromatic N) is 3. The van der Waals surface area contributed by atoms with Gasteiger partial charge in [0, 0.05) is 12.1 Å². The number of carbonyl (C=O) groups is 1. The average Bonchev–Trinajstić information content (AvgIpc) is 3.24. The molecule has 29 heavy (non-hydrogen) atoms. The van der Waals surface area contributed by atoms with Crippen molar-refractivity contribution < 1.29 is 9.53 Å². The largest absolute Gasteiger partial charge is 0.497 e. The lowest BCUT2D eigenvalue weighted by atomic mass is 10.2. The Balaban J connectivity index is 1.66. The Bertz CT molecular complexity index is 1090. The number of benzene rings is 3. The number of amides is 1. The van der Waals surface area contributed by atoms with Gasteiger partial charge in [-0.05, 0) is 42.0 Å². The molecule has 0 aliphatic heterocycles. The van der Waals surface area contributed by atoms with Crippen LogP contribution in [-0.2, 0) is 6.54 Å². The lowest BCUT2D eigenvalue weighted by Gasteiger charge is -2.06. The standard InChI is InChI=1S/C23H20N4O2/c1-29-20-14-12-18(13-15-20)22-25-21(26-27(22)19-10-6-3-7-11-19)23(28)24-16-17-8-4-2-5-9-17/h2-15H,16H2,1H3,(H,24,28). The van der Waals surface area contributed by atoms with Gasteiger partial charge in [-0.3, -0.25) is 4.79 Å². The number of rotatable bonds is 6. The fourth-order valence-corrected chi connectivity index (χ4v) is 2.94. The zero-order valence-corrected chi connectivity index (χ0v) is 15.9. The first-order valence-corrected chi connectivity index (χ1v) is 9.23. The fourth-order valence-electron chi connectivity index (χ4n) is 2.94. The molecule has 4 rings (SSSR count). The van der Waals surface area contributed by atoms with Crippen LogP contribution in [0.1, 0.15) is 16.2 Å². The van der Waals surface area contributed by atoms with Crippen LogP contribution in [0.3, 0.4) is 0 Å². The topological polar surface area (TPSA) is 69.0 Å². The molecule has 0 aliphatic rings. The van der Waals surface area contributed by atoms with E-state index in [1.165, 1.54) is 0 Å². The highest BCUT2D eigenvalue weighted by atomic mass is 16.5. The van der Waals surface area contributed by atoms with E-state index in [0.717, 1.165) is 22.6 Å². The molecular formula is C23H20N4O2. The molecule has 1 aromatic heterocycles. The number of ether oxygens (including phenoxy) is 1. The summed E-state index contributed by atoms with van der Waals surface area (Å²) in [6, 6.07) is 26.9. The van der Waals surface area contributed by atoms with Gasteiger partial charge in [-0.25, -0.2) is 9.67 Å². The molecule has 6 heteroatoms. The smallest absolute Gasteiger partial charge is 0.291 e. The minimum absolute atomic E-state index is 0.121. The van der Waals surface area contributed by atoms with Gasteiger partial charge in [-0.2, -0.15) is 0 Å². The SMILES string of the molecule is COc1ccc(-c2nc(C(=O)NCc3ccccc3)nn2-c2ccccc2)cc1. The van der Waals surface area contributed by atoms with Crippen molar-refractivity contribution in [3.63, 3.8) is 0 Å².